The third-order valence-electron chi connectivity index (χ3n) is 3.64. The largest absolute Gasteiger partial charge is 0.494 e. The third-order valence-corrected chi connectivity index (χ3v) is 3.64. The maximum atomic E-state index is 12.6. The molecule has 2 N–H and O–H groups in total. The van der Waals surface area contributed by atoms with Crippen molar-refractivity contribution < 1.29 is 19.1 Å². The fraction of sp³-hybridized carbons (Fsp3) is 0.278. The number of hydrogen-bond acceptors (Lipinski definition) is 5. The molecule has 1 saturated heterocycles. The van der Waals surface area contributed by atoms with Gasteiger partial charge >= 0.3 is 6.03 Å². The first-order valence-corrected chi connectivity index (χ1v) is 7.95. The van der Waals surface area contributed by atoms with Crippen molar-refractivity contribution in [1.29, 1.82) is 0 Å². The van der Waals surface area contributed by atoms with Gasteiger partial charge in [-0.2, -0.15) is 0 Å². The first kappa shape index (κ1) is 18.3. The van der Waals surface area contributed by atoms with E-state index in [1.807, 2.05) is 6.92 Å². The number of nitrogens with one attached hydrogen (secondary N) is 2. The third kappa shape index (κ3) is 4.06. The van der Waals surface area contributed by atoms with Crippen LogP contribution in [0.2, 0.25) is 0 Å². The number of amides is 4. The van der Waals surface area contributed by atoms with Gasteiger partial charge in [0.25, 0.3) is 0 Å². The molecule has 0 saturated carbocycles. The van der Waals surface area contributed by atoms with Gasteiger partial charge in [0.1, 0.15) is 5.75 Å². The highest BCUT2D eigenvalue weighted by Crippen LogP contribution is 2.23. The highest BCUT2D eigenvalue weighted by Gasteiger charge is 2.41. The molecule has 1 heterocycles. The summed E-state index contributed by atoms with van der Waals surface area (Å²) < 4.78 is 5.38. The van der Waals surface area contributed by atoms with E-state index in [1.165, 1.54) is 6.08 Å². The number of benzene rings is 1. The Hall–Kier alpha value is -3.09. The Morgan fingerprint density at radius 1 is 1.32 bits per heavy atom. The smallest absolute Gasteiger partial charge is 0.331 e. The number of nitrogens with zero attached hydrogens (tertiary/aromatic N) is 1. The van der Waals surface area contributed by atoms with Crippen LogP contribution in [-0.2, 0) is 9.59 Å². The molecule has 7 heteroatoms. The average Bonchev–Trinajstić information content (AvgIpc) is 2.59. The van der Waals surface area contributed by atoms with E-state index in [0.29, 0.717) is 18.0 Å². The Bertz CT molecular complexity index is 710. The summed E-state index contributed by atoms with van der Waals surface area (Å²) in [7, 11) is 0. The Morgan fingerprint density at radius 2 is 2.00 bits per heavy atom. The molecule has 25 heavy (non-hydrogen) atoms. The van der Waals surface area contributed by atoms with Crippen molar-refractivity contribution in [1.82, 2.24) is 10.2 Å². The second kappa shape index (κ2) is 8.14. The van der Waals surface area contributed by atoms with Crippen LogP contribution >= 0.6 is 0 Å². The molecule has 0 aliphatic carbocycles. The lowest BCUT2D eigenvalue weighted by Gasteiger charge is -2.31. The first-order chi connectivity index (χ1) is 12.0. The maximum Gasteiger partial charge on any atom is 0.331 e. The molecule has 132 valence electrons. The molecule has 0 aromatic heterocycles. The highest BCUT2D eigenvalue weighted by atomic mass is 16.5. The molecule has 1 aromatic rings. The van der Waals surface area contributed by atoms with Crippen molar-refractivity contribution in [2.45, 2.75) is 13.8 Å². The van der Waals surface area contributed by atoms with Crippen molar-refractivity contribution in [3.05, 3.63) is 48.7 Å². The van der Waals surface area contributed by atoms with E-state index in [4.69, 9.17) is 4.74 Å². The van der Waals surface area contributed by atoms with E-state index in [2.05, 4.69) is 17.2 Å². The number of ether oxygens (including phenoxy) is 1. The number of allylic oxidation sites excluding steroid dienone is 1. The average molecular weight is 343 g/mol. The van der Waals surface area contributed by atoms with Gasteiger partial charge in [0.15, 0.2) is 5.92 Å². The second-order valence-electron chi connectivity index (χ2n) is 5.29. The second-order valence-corrected chi connectivity index (χ2v) is 5.29. The predicted octanol–water partition coefficient (Wildman–Crippen LogP) is 2.28. The number of imide groups is 2. The Balaban J connectivity index is 2.20. The molecule has 0 spiro atoms. The van der Waals surface area contributed by atoms with Crippen LogP contribution in [0.15, 0.2) is 48.7 Å². The number of anilines is 1. The van der Waals surface area contributed by atoms with Gasteiger partial charge in [0, 0.05) is 17.9 Å². The fourth-order valence-corrected chi connectivity index (χ4v) is 2.47. The van der Waals surface area contributed by atoms with Gasteiger partial charge in [0.2, 0.25) is 11.8 Å². The van der Waals surface area contributed by atoms with Gasteiger partial charge in [0.05, 0.1) is 6.61 Å². The minimum Gasteiger partial charge on any atom is -0.494 e. The molecule has 4 amide bonds. The molecule has 1 aliphatic heterocycles. The molecular weight excluding hydrogens is 322 g/mol. The summed E-state index contributed by atoms with van der Waals surface area (Å²) in [6, 6.07) is 6.41. The van der Waals surface area contributed by atoms with Crippen LogP contribution in [0.4, 0.5) is 10.5 Å². The molecule has 1 aromatic carbocycles. The first-order valence-electron chi connectivity index (χ1n) is 7.95. The van der Waals surface area contributed by atoms with Gasteiger partial charge in [-0.05, 0) is 38.1 Å². The summed E-state index contributed by atoms with van der Waals surface area (Å²) in [5.41, 5.74) is 1.09. The molecule has 2 rings (SSSR count). The summed E-state index contributed by atoms with van der Waals surface area (Å²) in [5.74, 6) is -1.62. The van der Waals surface area contributed by atoms with E-state index in [1.54, 1.807) is 37.3 Å². The Kier molecular flexibility index (Phi) is 5.94. The van der Waals surface area contributed by atoms with Gasteiger partial charge in [-0.1, -0.05) is 12.2 Å². The van der Waals surface area contributed by atoms with E-state index in [-0.39, 0.29) is 6.54 Å². The molecule has 1 aliphatic rings. The van der Waals surface area contributed by atoms with Crippen molar-refractivity contribution in [3.8, 4) is 5.75 Å². The molecule has 1 fully saturated rings. The van der Waals surface area contributed by atoms with Gasteiger partial charge in [-0.25, -0.2) is 4.79 Å². The lowest BCUT2D eigenvalue weighted by molar-refractivity contribution is -0.140. The van der Waals surface area contributed by atoms with E-state index in [9.17, 15) is 14.4 Å². The van der Waals surface area contributed by atoms with E-state index < -0.39 is 23.8 Å². The minimum atomic E-state index is -1.12. The number of carbonyl (C=O) groups is 3. The standard InChI is InChI=1S/C18H21N3O4/c1-4-11-21-17(23)15(16(22)20-18(21)24)14(5-2)19-12-7-9-13(10-8-12)25-6-3/h4-5,7-10,15,19H,1,6,11H2,2-3H3,(H,20,22,24)/b14-5+/t15-/m0/s1. The van der Waals surface area contributed by atoms with Gasteiger partial charge < -0.3 is 10.1 Å². The number of rotatable bonds is 7. The number of urea groups is 1. The van der Waals surface area contributed by atoms with Gasteiger partial charge in [-0.15, -0.1) is 6.58 Å². The zero-order valence-electron chi connectivity index (χ0n) is 14.2. The lowest BCUT2D eigenvalue weighted by Crippen LogP contribution is -2.58. The Morgan fingerprint density at radius 3 is 2.56 bits per heavy atom. The van der Waals surface area contributed by atoms with Crippen LogP contribution in [-0.4, -0.2) is 35.9 Å². The maximum absolute atomic E-state index is 12.6. The van der Waals surface area contributed by atoms with E-state index >= 15 is 0 Å². The normalized spacial score (nSPS) is 18.0. The summed E-state index contributed by atoms with van der Waals surface area (Å²) in [6.07, 6.45) is 3.07. The van der Waals surface area contributed by atoms with E-state index in [0.717, 1.165) is 10.6 Å². The zero-order valence-corrected chi connectivity index (χ0v) is 14.2. The van der Waals surface area contributed by atoms with Crippen LogP contribution in [0.1, 0.15) is 13.8 Å². The van der Waals surface area contributed by atoms with Crippen LogP contribution in [0.25, 0.3) is 0 Å². The molecule has 7 nitrogen and oxygen atoms in total. The summed E-state index contributed by atoms with van der Waals surface area (Å²) in [6.45, 7) is 7.74. The van der Waals surface area contributed by atoms with Crippen molar-refractivity contribution in [2.75, 3.05) is 18.5 Å². The minimum absolute atomic E-state index is 0.0362. The number of hydrogen-bond donors (Lipinski definition) is 2. The zero-order chi connectivity index (χ0) is 18.4. The summed E-state index contributed by atoms with van der Waals surface area (Å²) >= 11 is 0. The Labute approximate surface area is 146 Å². The molecule has 0 radical (unpaired) electrons. The molecular formula is C18H21N3O4. The van der Waals surface area contributed by atoms with Crippen LogP contribution < -0.4 is 15.4 Å². The molecule has 0 bridgehead atoms. The number of carbonyl (C=O) groups excluding carboxylic acids is 3. The van der Waals surface area contributed by atoms with Crippen molar-refractivity contribution >= 4 is 23.5 Å². The SMILES string of the molecule is C=CCN1C(=O)NC(=O)[C@H](/C(=C\C)Nc2ccc(OCC)cc2)C1=O. The fourth-order valence-electron chi connectivity index (χ4n) is 2.47. The van der Waals surface area contributed by atoms with Crippen molar-refractivity contribution in [2.24, 2.45) is 5.92 Å². The molecule has 1 atom stereocenters. The van der Waals surface area contributed by atoms with Gasteiger partial charge in [-0.3, -0.25) is 19.8 Å². The topological polar surface area (TPSA) is 87.7 Å². The highest BCUT2D eigenvalue weighted by molar-refractivity contribution is 6.18. The van der Waals surface area contributed by atoms with Crippen LogP contribution in [0.3, 0.4) is 0 Å². The van der Waals surface area contributed by atoms with Crippen molar-refractivity contribution in [3.63, 3.8) is 0 Å². The van der Waals surface area contributed by atoms with Crippen LogP contribution in [0.5, 0.6) is 5.75 Å². The lowest BCUT2D eigenvalue weighted by atomic mass is 9.99. The van der Waals surface area contributed by atoms with Crippen LogP contribution in [0, 0.1) is 5.92 Å². The number of barbiturate groups is 1. The molecule has 0 unspecified atom stereocenters. The summed E-state index contributed by atoms with van der Waals surface area (Å²) in [5, 5.41) is 5.27. The quantitative estimate of drug-likeness (QED) is 0.586. The predicted molar refractivity (Wildman–Crippen MR) is 93.9 cm³/mol. The monoisotopic (exact) mass is 343 g/mol. The summed E-state index contributed by atoms with van der Waals surface area (Å²) in [4.78, 5) is 37.5.